The van der Waals surface area contributed by atoms with E-state index < -0.39 is 10.8 Å². The third-order valence-electron chi connectivity index (χ3n) is 18.8. The Hall–Kier alpha value is -9.96. The van der Waals surface area contributed by atoms with Crippen molar-refractivity contribution in [2.24, 2.45) is 0 Å². The summed E-state index contributed by atoms with van der Waals surface area (Å²) < 4.78 is 7.69. The van der Waals surface area contributed by atoms with Gasteiger partial charge in [0, 0.05) is 39.1 Å². The van der Waals surface area contributed by atoms with Crippen LogP contribution in [0.4, 0.5) is 34.1 Å². The zero-order valence-corrected chi connectivity index (χ0v) is 50.9. The van der Waals surface area contributed by atoms with Crippen LogP contribution >= 0.6 is 0 Å². The Balaban J connectivity index is 1.10. The summed E-state index contributed by atoms with van der Waals surface area (Å²) >= 11 is 0. The second-order valence-corrected chi connectivity index (χ2v) is 26.4. The molecular weight excluding hydrogens is 1050 g/mol. The van der Waals surface area contributed by atoms with Crippen LogP contribution in [-0.2, 0) is 21.7 Å². The largest absolute Gasteiger partial charge is 0.455 e. The predicted octanol–water partition coefficient (Wildman–Crippen LogP) is 23.1. The van der Waals surface area contributed by atoms with Crippen LogP contribution < -0.4 is 9.80 Å². The van der Waals surface area contributed by atoms with Crippen LogP contribution in [0.3, 0.4) is 0 Å². The Morgan fingerprint density at radius 3 is 1.23 bits per heavy atom. The number of para-hydroxylation sites is 1. The van der Waals surface area contributed by atoms with Crippen molar-refractivity contribution in [3.8, 4) is 44.5 Å². The average Bonchev–Trinajstić information content (AvgIpc) is 1.51. The SMILES string of the molecule is CC(C)(C)c1ccc(N(c2ccc(-c3ccccc3)cc2)c2cc3c(c4c2C(C)(C)c2ccccc2-4)-c2c(cc(N(c4ccc(-c5ccccc5)cc4)c4ccc(C(C)(C)C)cc4)c4c2oc2ccccc24)C3(c2ccccc2)c2ccccc2)cc1. The first-order valence-electron chi connectivity index (χ1n) is 30.7. The van der Waals surface area contributed by atoms with Gasteiger partial charge in [-0.15, -0.1) is 0 Å². The standard InChI is InChI=1S/C84H70N2O/c1-81(2,3)59-41-49-65(50-42-59)85(63-45-37-57(38-46-63)55-25-13-9-14-26-55)72-53-71-78(80-75(72)68-34-22-24-36-74(68)87-80)77-70(84(71,61-29-17-11-18-30-61)62-31-19-12-20-32-62)54-73(79-76(77)67-33-21-23-35-69(67)83(79,7)8)86(66-51-43-60(44-52-66)82(4,5)6)64-47-39-58(40-48-64)56-27-15-10-16-28-56/h9-54H,1-8H3. The summed E-state index contributed by atoms with van der Waals surface area (Å²) in [4.78, 5) is 5.05. The summed E-state index contributed by atoms with van der Waals surface area (Å²) in [6, 6.07) is 104. The lowest BCUT2D eigenvalue weighted by molar-refractivity contribution is 0.590. The molecule has 0 saturated carbocycles. The van der Waals surface area contributed by atoms with E-state index in [1.807, 2.05) is 0 Å². The zero-order valence-electron chi connectivity index (χ0n) is 50.9. The quantitative estimate of drug-likeness (QED) is 0.136. The molecule has 0 radical (unpaired) electrons. The lowest BCUT2D eigenvalue weighted by Gasteiger charge is -2.37. The first-order chi connectivity index (χ1) is 42.2. The highest BCUT2D eigenvalue weighted by Crippen LogP contribution is 2.68. The van der Waals surface area contributed by atoms with Crippen molar-refractivity contribution in [2.45, 2.75) is 77.0 Å². The van der Waals surface area contributed by atoms with Crippen molar-refractivity contribution in [1.82, 2.24) is 0 Å². The van der Waals surface area contributed by atoms with Crippen LogP contribution in [0.2, 0.25) is 0 Å². The monoisotopic (exact) mass is 1120 g/mol. The molecule has 2 aliphatic rings. The van der Waals surface area contributed by atoms with Crippen molar-refractivity contribution in [2.75, 3.05) is 9.80 Å². The topological polar surface area (TPSA) is 19.6 Å². The second-order valence-electron chi connectivity index (χ2n) is 26.4. The van der Waals surface area contributed by atoms with Gasteiger partial charge in [-0.25, -0.2) is 0 Å². The van der Waals surface area contributed by atoms with E-state index in [4.69, 9.17) is 4.42 Å². The number of benzene rings is 12. The number of fused-ring (bicyclic) bond motifs is 11. The molecule has 422 valence electrons. The minimum atomic E-state index is -0.877. The van der Waals surface area contributed by atoms with E-state index in [1.54, 1.807) is 0 Å². The average molecular weight is 1120 g/mol. The van der Waals surface area contributed by atoms with Crippen LogP contribution in [0.25, 0.3) is 66.4 Å². The van der Waals surface area contributed by atoms with Crippen LogP contribution in [-0.4, -0.2) is 0 Å². The van der Waals surface area contributed by atoms with E-state index in [-0.39, 0.29) is 10.8 Å². The molecule has 3 heteroatoms. The van der Waals surface area contributed by atoms with Gasteiger partial charge >= 0.3 is 0 Å². The fraction of sp³-hybridized carbons (Fsp3) is 0.143. The van der Waals surface area contributed by atoms with Crippen LogP contribution in [0.15, 0.2) is 283 Å². The smallest absolute Gasteiger partial charge is 0.145 e. The van der Waals surface area contributed by atoms with Gasteiger partial charge in [-0.1, -0.05) is 268 Å². The van der Waals surface area contributed by atoms with Crippen molar-refractivity contribution in [3.05, 3.63) is 324 Å². The van der Waals surface area contributed by atoms with Crippen molar-refractivity contribution in [3.63, 3.8) is 0 Å². The minimum absolute atomic E-state index is 0.0339. The molecule has 87 heavy (non-hydrogen) atoms. The minimum Gasteiger partial charge on any atom is -0.455 e. The fourth-order valence-corrected chi connectivity index (χ4v) is 14.5. The zero-order chi connectivity index (χ0) is 59.4. The Labute approximate surface area is 512 Å². The first kappa shape index (κ1) is 53.7. The fourth-order valence-electron chi connectivity index (χ4n) is 14.5. The third kappa shape index (κ3) is 8.61. The number of rotatable bonds is 10. The number of anilines is 6. The Morgan fingerprint density at radius 1 is 0.345 bits per heavy atom. The molecule has 0 atom stereocenters. The van der Waals surface area contributed by atoms with Gasteiger partial charge in [0.15, 0.2) is 0 Å². The highest BCUT2D eigenvalue weighted by molar-refractivity contribution is 6.21. The highest BCUT2D eigenvalue weighted by Gasteiger charge is 2.53. The van der Waals surface area contributed by atoms with E-state index in [1.165, 1.54) is 77.9 Å². The molecule has 12 aromatic carbocycles. The number of furan rings is 1. The van der Waals surface area contributed by atoms with Gasteiger partial charge in [0.2, 0.25) is 0 Å². The van der Waals surface area contributed by atoms with E-state index in [0.717, 1.165) is 67.2 Å². The molecule has 0 N–H and O–H groups in total. The molecule has 2 aliphatic carbocycles. The van der Waals surface area contributed by atoms with Gasteiger partial charge in [0.1, 0.15) is 11.2 Å². The predicted molar refractivity (Wildman–Crippen MR) is 366 cm³/mol. The molecule has 0 spiro atoms. The molecular formula is C84H70N2O. The summed E-state index contributed by atoms with van der Waals surface area (Å²) in [5.74, 6) is 0. The third-order valence-corrected chi connectivity index (χ3v) is 18.8. The summed E-state index contributed by atoms with van der Waals surface area (Å²) in [7, 11) is 0. The van der Waals surface area contributed by atoms with E-state index in [0.29, 0.717) is 0 Å². The molecule has 0 aliphatic heterocycles. The number of hydrogen-bond donors (Lipinski definition) is 0. The highest BCUT2D eigenvalue weighted by atomic mass is 16.3. The number of nitrogens with zero attached hydrogens (tertiary/aromatic N) is 2. The molecule has 1 heterocycles. The molecule has 0 fully saturated rings. The molecule has 0 amide bonds. The lowest BCUT2D eigenvalue weighted by atomic mass is 9.67. The molecule has 3 nitrogen and oxygen atoms in total. The summed E-state index contributed by atoms with van der Waals surface area (Å²) in [5, 5.41) is 2.14. The van der Waals surface area contributed by atoms with Gasteiger partial charge in [0.25, 0.3) is 0 Å². The summed E-state index contributed by atoms with van der Waals surface area (Å²) in [6.45, 7) is 18.7. The molecule has 15 rings (SSSR count). The van der Waals surface area contributed by atoms with Crippen molar-refractivity contribution < 1.29 is 4.42 Å². The van der Waals surface area contributed by atoms with Crippen LogP contribution in [0.1, 0.15) is 99.9 Å². The molecule has 0 saturated heterocycles. The second kappa shape index (κ2) is 20.4. The maximum absolute atomic E-state index is 7.69. The molecule has 13 aromatic rings. The van der Waals surface area contributed by atoms with E-state index >= 15 is 0 Å². The summed E-state index contributed by atoms with van der Waals surface area (Å²) in [6.07, 6.45) is 0. The van der Waals surface area contributed by atoms with Gasteiger partial charge < -0.3 is 14.2 Å². The first-order valence-corrected chi connectivity index (χ1v) is 30.7. The van der Waals surface area contributed by atoms with Gasteiger partial charge in [0.05, 0.1) is 22.2 Å². The molecule has 0 bridgehead atoms. The van der Waals surface area contributed by atoms with E-state index in [9.17, 15) is 0 Å². The van der Waals surface area contributed by atoms with Crippen LogP contribution in [0.5, 0.6) is 0 Å². The summed E-state index contributed by atoms with van der Waals surface area (Å²) in [5.41, 5.74) is 26.2. The van der Waals surface area contributed by atoms with E-state index in [2.05, 4.69) is 344 Å². The Kier molecular flexibility index (Phi) is 12.6. The maximum Gasteiger partial charge on any atom is 0.145 e. The normalized spacial score (nSPS) is 13.7. The van der Waals surface area contributed by atoms with Crippen LogP contribution in [0, 0.1) is 0 Å². The molecule has 1 aromatic heterocycles. The maximum atomic E-state index is 7.69. The molecule has 0 unspecified atom stereocenters. The Morgan fingerprint density at radius 2 is 0.736 bits per heavy atom. The van der Waals surface area contributed by atoms with Gasteiger partial charge in [-0.3, -0.25) is 0 Å². The Bertz CT molecular complexity index is 4680. The number of hydrogen-bond acceptors (Lipinski definition) is 3. The van der Waals surface area contributed by atoms with Crippen molar-refractivity contribution >= 4 is 56.1 Å². The van der Waals surface area contributed by atoms with Gasteiger partial charge in [-0.05, 0) is 161 Å². The van der Waals surface area contributed by atoms with Gasteiger partial charge in [-0.2, -0.15) is 0 Å². The lowest BCUT2D eigenvalue weighted by Crippen LogP contribution is -2.29. The van der Waals surface area contributed by atoms with Crippen molar-refractivity contribution in [1.29, 1.82) is 0 Å².